The van der Waals surface area contributed by atoms with Crippen molar-refractivity contribution in [2.45, 2.75) is 25.2 Å². The average molecular weight is 802 g/mol. The van der Waals surface area contributed by atoms with Gasteiger partial charge in [0.2, 0.25) is 0 Å². The molecule has 0 N–H and O–H groups in total. The number of benzene rings is 8. The third-order valence-corrected chi connectivity index (χ3v) is 20.1. The van der Waals surface area contributed by atoms with Crippen molar-refractivity contribution < 1.29 is 24.8 Å². The number of rotatable bonds is 10. The highest BCUT2D eigenvalue weighted by Crippen LogP contribution is 2.59. The van der Waals surface area contributed by atoms with Gasteiger partial charge in [0.15, 0.2) is 0 Å². The van der Waals surface area contributed by atoms with Crippen LogP contribution in [0.25, 0.3) is 11.1 Å². The maximum Gasteiger partial charge on any atom is 0.116 e. The molecule has 0 fully saturated rings. The van der Waals surface area contributed by atoms with Crippen LogP contribution in [0, 0.1) is 0 Å². The first-order valence-electron chi connectivity index (χ1n) is 19.1. The Morgan fingerprint density at radius 1 is 0.286 bits per heavy atom. The van der Waals surface area contributed by atoms with E-state index in [1.165, 1.54) is 65.2 Å². The van der Waals surface area contributed by atoms with Crippen LogP contribution in [0.3, 0.4) is 0 Å². The molecule has 8 aromatic carbocycles. The zero-order valence-electron chi connectivity index (χ0n) is 31.3. The van der Waals surface area contributed by atoms with Crippen molar-refractivity contribution in [1.82, 2.24) is 0 Å². The first-order valence-corrected chi connectivity index (χ1v) is 23.0. The van der Waals surface area contributed by atoms with Crippen LogP contribution in [-0.2, 0) is 25.2 Å². The van der Waals surface area contributed by atoms with Crippen LogP contribution in [-0.4, -0.2) is 0 Å². The molecule has 0 bridgehead atoms. The fraction of sp³-hybridized carbons (Fsp3) is 0.0769. The molecule has 276 valence electrons. The van der Waals surface area contributed by atoms with Crippen molar-refractivity contribution in [3.05, 3.63) is 241 Å². The lowest BCUT2D eigenvalue weighted by molar-refractivity contribution is -0.00100. The summed E-state index contributed by atoms with van der Waals surface area (Å²) in [5.74, 6) is 0. The second-order valence-corrected chi connectivity index (χ2v) is 21.4. The highest BCUT2D eigenvalue weighted by Gasteiger charge is 2.47. The number of aryl methyl sites for hydroxylation is 2. The van der Waals surface area contributed by atoms with Gasteiger partial charge in [-0.05, 0) is 119 Å². The van der Waals surface area contributed by atoms with E-state index in [2.05, 4.69) is 218 Å². The zero-order chi connectivity index (χ0) is 36.2. The molecular formula is C52H44Cl2P2. The number of hydrogen-bond donors (Lipinski definition) is 0. The Hall–Kier alpha value is -4.80. The molecular weight excluding hydrogens is 757 g/mol. The molecule has 0 spiro atoms. The van der Waals surface area contributed by atoms with Gasteiger partial charge in [-0.1, -0.05) is 146 Å². The van der Waals surface area contributed by atoms with Crippen LogP contribution in [0.4, 0.5) is 0 Å². The predicted molar refractivity (Wildman–Crippen MR) is 237 cm³/mol. The summed E-state index contributed by atoms with van der Waals surface area (Å²) in [6.45, 7) is 0. The SMILES string of the molecule is [Cl-].[Cl-].c1ccc([P+](Cc2ccc3c(c2)CCc2cc(C[P+](c4ccccc4)(c4ccccc4)c4ccccc4)ccc2-3)(c2ccccc2)c2ccccc2)cc1. The molecule has 0 atom stereocenters. The van der Waals surface area contributed by atoms with Crippen LogP contribution in [0.1, 0.15) is 22.3 Å². The largest absolute Gasteiger partial charge is 1.00 e. The first kappa shape index (κ1) is 39.4. The monoisotopic (exact) mass is 800 g/mol. The van der Waals surface area contributed by atoms with E-state index < -0.39 is 14.5 Å². The van der Waals surface area contributed by atoms with Gasteiger partial charge in [0.05, 0.1) is 12.3 Å². The van der Waals surface area contributed by atoms with E-state index in [0.717, 1.165) is 25.2 Å². The lowest BCUT2D eigenvalue weighted by atomic mass is 9.84. The molecule has 9 rings (SSSR count). The molecule has 56 heavy (non-hydrogen) atoms. The van der Waals surface area contributed by atoms with Crippen molar-refractivity contribution in [2.24, 2.45) is 0 Å². The van der Waals surface area contributed by atoms with Crippen LogP contribution >= 0.6 is 14.5 Å². The topological polar surface area (TPSA) is 0 Å². The molecule has 0 aromatic heterocycles. The van der Waals surface area contributed by atoms with Crippen molar-refractivity contribution in [3.8, 4) is 11.1 Å². The molecule has 0 saturated heterocycles. The molecule has 0 radical (unpaired) electrons. The smallest absolute Gasteiger partial charge is 0.116 e. The lowest BCUT2D eigenvalue weighted by Crippen LogP contribution is -3.00. The minimum atomic E-state index is -1.98. The van der Waals surface area contributed by atoms with Crippen molar-refractivity contribution in [2.75, 3.05) is 0 Å². The molecule has 0 unspecified atom stereocenters. The molecule has 4 heteroatoms. The van der Waals surface area contributed by atoms with Gasteiger partial charge >= 0.3 is 0 Å². The van der Waals surface area contributed by atoms with E-state index in [-0.39, 0.29) is 24.8 Å². The Kier molecular flexibility index (Phi) is 12.4. The van der Waals surface area contributed by atoms with E-state index in [1.807, 2.05) is 0 Å². The summed E-state index contributed by atoms with van der Waals surface area (Å²) < 4.78 is 0. The molecule has 0 nitrogen and oxygen atoms in total. The Balaban J connectivity index is 0.00000240. The number of fused-ring (bicyclic) bond motifs is 3. The second-order valence-electron chi connectivity index (χ2n) is 14.4. The Morgan fingerprint density at radius 2 is 0.518 bits per heavy atom. The average Bonchev–Trinajstić information content (AvgIpc) is 3.26. The van der Waals surface area contributed by atoms with Gasteiger partial charge in [0.25, 0.3) is 0 Å². The van der Waals surface area contributed by atoms with Crippen LogP contribution in [0.2, 0.25) is 0 Å². The lowest BCUT2D eigenvalue weighted by Gasteiger charge is -2.29. The molecule has 8 aromatic rings. The van der Waals surface area contributed by atoms with E-state index >= 15 is 0 Å². The molecule has 0 saturated carbocycles. The van der Waals surface area contributed by atoms with Crippen molar-refractivity contribution in [3.63, 3.8) is 0 Å². The summed E-state index contributed by atoms with van der Waals surface area (Å²) in [7, 11) is -3.95. The second kappa shape index (κ2) is 17.6. The minimum Gasteiger partial charge on any atom is -1.00 e. The molecule has 1 aliphatic rings. The Bertz CT molecular complexity index is 2100. The standard InChI is InChI=1S/C52H44P2.2ClH/c1-7-19-45(20-8-1)53(46-21-9-2-10-22-46,47-23-11-3-12-24-47)39-41-31-35-51-43(37-41)33-34-44-38-42(32-36-52(44)51)40-54(48-25-13-4-14-26-48,49-27-15-5-16-28-49)50-29-17-6-18-30-50;;/h1-32,35-38H,33-34,39-40H2;2*1H/q+2;;/p-2. The molecule has 1 aliphatic carbocycles. The van der Waals surface area contributed by atoms with Gasteiger partial charge in [0.1, 0.15) is 46.4 Å². The summed E-state index contributed by atoms with van der Waals surface area (Å²) in [6.07, 6.45) is 4.11. The van der Waals surface area contributed by atoms with Gasteiger partial charge in [-0.3, -0.25) is 0 Å². The quantitative estimate of drug-likeness (QED) is 0.180. The maximum absolute atomic E-state index is 2.53. The zero-order valence-corrected chi connectivity index (χ0v) is 34.6. The predicted octanol–water partition coefficient (Wildman–Crippen LogP) is 4.45. The minimum absolute atomic E-state index is 0. The van der Waals surface area contributed by atoms with E-state index in [1.54, 1.807) is 0 Å². The fourth-order valence-electron chi connectivity index (χ4n) is 8.78. The number of halogens is 2. The Morgan fingerprint density at radius 3 is 0.750 bits per heavy atom. The highest BCUT2D eigenvalue weighted by atomic mass is 35.5. The normalized spacial score (nSPS) is 12.0. The molecule has 0 heterocycles. The van der Waals surface area contributed by atoms with Crippen molar-refractivity contribution in [1.29, 1.82) is 0 Å². The summed E-state index contributed by atoms with van der Waals surface area (Å²) in [4.78, 5) is 0. The van der Waals surface area contributed by atoms with Crippen LogP contribution in [0.15, 0.2) is 218 Å². The van der Waals surface area contributed by atoms with Crippen molar-refractivity contribution >= 4 is 46.4 Å². The van der Waals surface area contributed by atoms with Crippen LogP contribution in [0.5, 0.6) is 0 Å². The van der Waals surface area contributed by atoms with Gasteiger partial charge < -0.3 is 24.8 Å². The van der Waals surface area contributed by atoms with Gasteiger partial charge in [0, 0.05) is 0 Å². The van der Waals surface area contributed by atoms with E-state index in [4.69, 9.17) is 0 Å². The fourth-order valence-corrected chi connectivity index (χ4v) is 17.2. The summed E-state index contributed by atoms with van der Waals surface area (Å²) in [6, 6.07) is 82.3. The number of hydrogen-bond acceptors (Lipinski definition) is 0. The first-order chi connectivity index (χ1) is 26.7. The Labute approximate surface area is 346 Å². The highest BCUT2D eigenvalue weighted by molar-refractivity contribution is 7.95. The summed E-state index contributed by atoms with van der Waals surface area (Å²) in [5.41, 5.74) is 8.57. The van der Waals surface area contributed by atoms with E-state index in [0.29, 0.717) is 0 Å². The van der Waals surface area contributed by atoms with Gasteiger partial charge in [-0.2, -0.15) is 0 Å². The third kappa shape index (κ3) is 7.41. The maximum atomic E-state index is 2.53. The summed E-state index contributed by atoms with van der Waals surface area (Å²) >= 11 is 0. The van der Waals surface area contributed by atoms with Gasteiger partial charge in [-0.15, -0.1) is 0 Å². The van der Waals surface area contributed by atoms with Crippen LogP contribution < -0.4 is 56.6 Å². The van der Waals surface area contributed by atoms with E-state index in [9.17, 15) is 0 Å². The van der Waals surface area contributed by atoms with Gasteiger partial charge in [-0.25, -0.2) is 0 Å². The summed E-state index contributed by atoms with van der Waals surface area (Å²) in [5, 5.41) is 8.57. The molecule has 0 aliphatic heterocycles. The third-order valence-electron chi connectivity index (χ3n) is 11.3. The molecule has 0 amide bonds.